The summed E-state index contributed by atoms with van der Waals surface area (Å²) in [5, 5.41) is 9.12. The lowest BCUT2D eigenvalue weighted by Gasteiger charge is -2.26. The lowest BCUT2D eigenvalue weighted by atomic mass is 10.2. The summed E-state index contributed by atoms with van der Waals surface area (Å²) in [7, 11) is -9.40. The van der Waals surface area contributed by atoms with E-state index in [1.165, 1.54) is 38.2 Å². The Balaban J connectivity index is 2.46. The molecule has 9 nitrogen and oxygen atoms in total. The van der Waals surface area contributed by atoms with Gasteiger partial charge in [-0.1, -0.05) is 0 Å². The van der Waals surface area contributed by atoms with Crippen LogP contribution < -0.4 is 0 Å². The van der Waals surface area contributed by atoms with Gasteiger partial charge in [-0.3, -0.25) is 4.57 Å². The average molecular weight is 443 g/mol. The van der Waals surface area contributed by atoms with E-state index in [-0.39, 0.29) is 15.1 Å². The van der Waals surface area contributed by atoms with Gasteiger partial charge in [0.15, 0.2) is 0 Å². The Morgan fingerprint density at radius 3 is 2.27 bits per heavy atom. The highest BCUT2D eigenvalue weighted by Crippen LogP contribution is 2.41. The molecule has 2 heterocycles. The van der Waals surface area contributed by atoms with Crippen molar-refractivity contribution in [3.05, 3.63) is 17.0 Å². The number of nitrogens with zero attached hydrogens (tertiary/aromatic N) is 1. The summed E-state index contributed by atoms with van der Waals surface area (Å²) in [5.41, 5.74) is -1.05. The summed E-state index contributed by atoms with van der Waals surface area (Å²) < 4.78 is 42.9. The number of amides is 1. The third-order valence-electron chi connectivity index (χ3n) is 2.85. The summed E-state index contributed by atoms with van der Waals surface area (Å²) in [5.74, 6) is 0. The lowest BCUT2D eigenvalue weighted by Crippen LogP contribution is -2.41. The normalized spacial score (nSPS) is 13.2. The molecule has 0 bridgehead atoms. The molecule has 0 radical (unpaired) electrons. The summed E-state index contributed by atoms with van der Waals surface area (Å²) in [6, 6.07) is 2.92. The van der Waals surface area contributed by atoms with Gasteiger partial charge in [-0.25, -0.2) is 4.79 Å². The maximum atomic E-state index is 12.8. The van der Waals surface area contributed by atoms with E-state index in [4.69, 9.17) is 9.84 Å². The number of hydrogen-bond acceptors (Lipinski definition) is 8. The highest BCUT2D eigenvalue weighted by Gasteiger charge is 2.38. The van der Waals surface area contributed by atoms with Crippen molar-refractivity contribution in [1.82, 2.24) is 4.31 Å². The Labute approximate surface area is 158 Å². The van der Waals surface area contributed by atoms with E-state index in [0.717, 1.165) is 11.3 Å². The smallest absolute Gasteiger partial charge is 0.424 e. The zero-order valence-corrected chi connectivity index (χ0v) is 17.4. The molecule has 0 saturated carbocycles. The van der Waals surface area contributed by atoms with Gasteiger partial charge in [-0.15, -0.1) is 22.7 Å². The Morgan fingerprint density at radius 2 is 1.81 bits per heavy atom. The Bertz CT molecular complexity index is 934. The molecule has 0 saturated heterocycles. The molecule has 0 aliphatic rings. The predicted molar refractivity (Wildman–Crippen MR) is 97.8 cm³/mol. The Morgan fingerprint density at radius 1 is 1.23 bits per heavy atom. The minimum Gasteiger partial charge on any atom is -0.443 e. The number of thiophene rings is 2. The van der Waals surface area contributed by atoms with Gasteiger partial charge in [-0.2, -0.15) is 12.7 Å². The van der Waals surface area contributed by atoms with Crippen LogP contribution in [0.2, 0.25) is 0 Å². The van der Waals surface area contributed by atoms with Gasteiger partial charge in [0.05, 0.1) is 6.61 Å². The summed E-state index contributed by atoms with van der Waals surface area (Å²) in [6.45, 7) is 4.33. The molecule has 0 fully saturated rings. The molecule has 2 aromatic heterocycles. The maximum Gasteiger partial charge on any atom is 0.424 e. The van der Waals surface area contributed by atoms with Gasteiger partial charge in [0.25, 0.3) is 10.0 Å². The first-order valence-electron chi connectivity index (χ1n) is 7.16. The summed E-state index contributed by atoms with van der Waals surface area (Å²) in [4.78, 5) is 31.3. The molecule has 26 heavy (non-hydrogen) atoms. The fraction of sp³-hybridized carbons (Fsp3) is 0.462. The third kappa shape index (κ3) is 5.03. The SMILES string of the molecule is CC(C)(C)OC(=O)N(CP(=O)(O)O)S(=O)(=O)c1cc2sc(CO)cc2s1. The van der Waals surface area contributed by atoms with E-state index in [0.29, 0.717) is 14.3 Å². The molecule has 0 spiro atoms. The first kappa shape index (κ1) is 21.3. The number of carbonyl (C=O) groups excluding carboxylic acids is 1. The van der Waals surface area contributed by atoms with Crippen LogP contribution >= 0.6 is 30.3 Å². The van der Waals surface area contributed by atoms with Gasteiger partial charge in [-0.05, 0) is 32.9 Å². The van der Waals surface area contributed by atoms with Crippen LogP contribution in [-0.4, -0.2) is 45.6 Å². The van der Waals surface area contributed by atoms with Gasteiger partial charge < -0.3 is 19.6 Å². The predicted octanol–water partition coefficient (Wildman–Crippen LogP) is 2.52. The largest absolute Gasteiger partial charge is 0.443 e. The number of aliphatic hydroxyl groups is 1. The van der Waals surface area contributed by atoms with E-state index in [1.54, 1.807) is 6.07 Å². The second-order valence-electron chi connectivity index (χ2n) is 6.30. The van der Waals surface area contributed by atoms with Crippen LogP contribution in [0.15, 0.2) is 16.3 Å². The highest BCUT2D eigenvalue weighted by atomic mass is 32.2. The van der Waals surface area contributed by atoms with Crippen LogP contribution in [0.1, 0.15) is 25.6 Å². The van der Waals surface area contributed by atoms with E-state index in [2.05, 4.69) is 0 Å². The van der Waals surface area contributed by atoms with Crippen LogP contribution in [0.5, 0.6) is 0 Å². The molecule has 2 rings (SSSR count). The van der Waals surface area contributed by atoms with Crippen molar-refractivity contribution in [3.8, 4) is 0 Å². The van der Waals surface area contributed by atoms with E-state index < -0.39 is 35.6 Å². The van der Waals surface area contributed by atoms with E-state index >= 15 is 0 Å². The van der Waals surface area contributed by atoms with Gasteiger partial charge in [0, 0.05) is 14.3 Å². The highest BCUT2D eigenvalue weighted by molar-refractivity contribution is 7.92. The fourth-order valence-electron chi connectivity index (χ4n) is 1.89. The van der Waals surface area contributed by atoms with Crippen molar-refractivity contribution in [2.45, 2.75) is 37.2 Å². The van der Waals surface area contributed by atoms with Crippen molar-refractivity contribution in [3.63, 3.8) is 0 Å². The zero-order chi connectivity index (χ0) is 19.9. The molecular weight excluding hydrogens is 425 g/mol. The van der Waals surface area contributed by atoms with Crippen LogP contribution in [0.4, 0.5) is 4.79 Å². The number of hydrogen-bond donors (Lipinski definition) is 3. The van der Waals surface area contributed by atoms with Crippen molar-refractivity contribution in [2.24, 2.45) is 0 Å². The molecule has 0 aromatic carbocycles. The summed E-state index contributed by atoms with van der Waals surface area (Å²) >= 11 is 2.02. The van der Waals surface area contributed by atoms with E-state index in [1.807, 2.05) is 0 Å². The molecule has 13 heteroatoms. The second-order valence-corrected chi connectivity index (χ2v) is 12.3. The van der Waals surface area contributed by atoms with Gasteiger partial charge in [0.2, 0.25) is 0 Å². The molecule has 0 aliphatic heterocycles. The molecule has 0 atom stereocenters. The standard InChI is InChI=1S/C13H18NO8PS3/c1-13(2,3)22-12(16)14(7-23(17,18)19)26(20,21)11-5-10-9(25-11)4-8(6-15)24-10/h4-5,15H,6-7H2,1-3H3,(H2,17,18,19). The Hall–Kier alpha value is -1.01. The average Bonchev–Trinajstić information content (AvgIpc) is 2.99. The Kier molecular flexibility index (Phi) is 5.89. The number of rotatable bonds is 5. The van der Waals surface area contributed by atoms with Crippen molar-refractivity contribution >= 4 is 55.8 Å². The quantitative estimate of drug-likeness (QED) is 0.599. The van der Waals surface area contributed by atoms with Crippen LogP contribution in [0, 0.1) is 0 Å². The molecular formula is C13H18NO8PS3. The van der Waals surface area contributed by atoms with Crippen molar-refractivity contribution < 1.29 is 37.4 Å². The van der Waals surface area contributed by atoms with Gasteiger partial charge >= 0.3 is 13.7 Å². The first-order chi connectivity index (χ1) is 11.7. The molecule has 1 amide bonds. The number of aliphatic hydroxyl groups excluding tert-OH is 1. The molecule has 146 valence electrons. The molecule has 0 aliphatic carbocycles. The monoisotopic (exact) mass is 443 g/mol. The number of fused-ring (bicyclic) bond motifs is 1. The second kappa shape index (κ2) is 7.19. The fourth-order valence-corrected chi connectivity index (χ4v) is 7.16. The van der Waals surface area contributed by atoms with Crippen LogP contribution in [0.25, 0.3) is 9.40 Å². The van der Waals surface area contributed by atoms with Crippen molar-refractivity contribution in [1.29, 1.82) is 0 Å². The zero-order valence-electron chi connectivity index (χ0n) is 14.1. The number of ether oxygens (including phenoxy) is 1. The first-order valence-corrected chi connectivity index (χ1v) is 12.0. The number of carbonyl (C=O) groups is 1. The van der Waals surface area contributed by atoms with Gasteiger partial charge in [0.1, 0.15) is 16.1 Å². The van der Waals surface area contributed by atoms with E-state index in [9.17, 15) is 27.6 Å². The van der Waals surface area contributed by atoms with Crippen molar-refractivity contribution in [2.75, 3.05) is 6.29 Å². The van der Waals surface area contributed by atoms with Crippen LogP contribution in [0.3, 0.4) is 0 Å². The lowest BCUT2D eigenvalue weighted by molar-refractivity contribution is 0.0404. The summed E-state index contributed by atoms with van der Waals surface area (Å²) in [6.07, 6.45) is -2.69. The van der Waals surface area contributed by atoms with Crippen LogP contribution in [-0.2, 0) is 25.9 Å². The maximum absolute atomic E-state index is 12.8. The molecule has 3 N–H and O–H groups in total. The minimum atomic E-state index is -4.87. The molecule has 2 aromatic rings. The minimum absolute atomic E-state index is 0.0569. The molecule has 0 unspecified atom stereocenters. The third-order valence-corrected chi connectivity index (χ3v) is 8.13. The topological polar surface area (TPSA) is 141 Å². The number of sulfonamides is 1.